The van der Waals surface area contributed by atoms with Crippen LogP contribution in [0, 0.1) is 17.2 Å². The van der Waals surface area contributed by atoms with E-state index in [1.807, 2.05) is 0 Å². The van der Waals surface area contributed by atoms with Gasteiger partial charge in [0.25, 0.3) is 0 Å². The number of nitriles is 1. The van der Waals surface area contributed by atoms with Crippen LogP contribution < -0.4 is 4.31 Å². The minimum Gasteiger partial charge on any atom is -0.465 e. The van der Waals surface area contributed by atoms with Crippen LogP contribution in [0.1, 0.15) is 17.5 Å². The Labute approximate surface area is 164 Å². The van der Waals surface area contributed by atoms with E-state index >= 15 is 0 Å². The maximum atomic E-state index is 13.3. The van der Waals surface area contributed by atoms with E-state index in [1.165, 1.54) is 19.2 Å². The minimum atomic E-state index is -4.81. The number of hydrogen-bond donors (Lipinski definition) is 1. The SMILES string of the molecule is CN(C(=O)O)[C@@H]1C[C@H]2O[C@@H]1[C@H]1[C@@H]2CN(c2ccc(C#N)c(C(F)(F)F)c2)S1(=O)=O. The predicted molar refractivity (Wildman–Crippen MR) is 92.6 cm³/mol. The number of nitrogens with zero attached hydrogens (tertiary/aromatic N) is 3. The second-order valence-electron chi connectivity index (χ2n) is 7.38. The van der Waals surface area contributed by atoms with E-state index in [0.29, 0.717) is 12.5 Å². The Morgan fingerprint density at radius 3 is 2.69 bits per heavy atom. The Morgan fingerprint density at radius 1 is 1.41 bits per heavy atom. The van der Waals surface area contributed by atoms with Crippen LogP contribution in [-0.2, 0) is 20.9 Å². The van der Waals surface area contributed by atoms with Crippen molar-refractivity contribution in [2.45, 2.75) is 36.1 Å². The number of amides is 1. The highest BCUT2D eigenvalue weighted by Crippen LogP contribution is 2.50. The smallest absolute Gasteiger partial charge is 0.417 e. The normalized spacial score (nSPS) is 32.1. The van der Waals surface area contributed by atoms with Crippen LogP contribution in [0.15, 0.2) is 18.2 Å². The molecule has 4 rings (SSSR count). The van der Waals surface area contributed by atoms with Gasteiger partial charge in [0.15, 0.2) is 0 Å². The average Bonchev–Trinajstić information content (AvgIpc) is 3.29. The number of hydrogen-bond acceptors (Lipinski definition) is 5. The Hall–Kier alpha value is -2.52. The van der Waals surface area contributed by atoms with Gasteiger partial charge in [-0.1, -0.05) is 0 Å². The maximum absolute atomic E-state index is 13.3. The number of fused-ring (bicyclic) bond motifs is 5. The highest BCUT2D eigenvalue weighted by atomic mass is 32.2. The number of carbonyl (C=O) groups is 1. The molecule has 0 aliphatic carbocycles. The second-order valence-corrected chi connectivity index (χ2v) is 9.39. The Balaban J connectivity index is 1.70. The van der Waals surface area contributed by atoms with Crippen molar-refractivity contribution in [1.29, 1.82) is 5.26 Å². The summed E-state index contributed by atoms with van der Waals surface area (Å²) in [4.78, 5) is 12.3. The molecular formula is C17H16F3N3O5S. The summed E-state index contributed by atoms with van der Waals surface area (Å²) in [5, 5.41) is 17.1. The summed E-state index contributed by atoms with van der Waals surface area (Å²) in [6.07, 6.45) is -7.05. The molecule has 1 aromatic rings. The number of benzene rings is 1. The van der Waals surface area contributed by atoms with Crippen molar-refractivity contribution < 1.29 is 36.2 Å². The van der Waals surface area contributed by atoms with E-state index in [9.17, 15) is 31.5 Å². The van der Waals surface area contributed by atoms with Gasteiger partial charge in [-0.15, -0.1) is 0 Å². The molecule has 12 heteroatoms. The third-order valence-electron chi connectivity index (χ3n) is 5.95. The first-order valence-corrected chi connectivity index (χ1v) is 10.2. The average molecular weight is 431 g/mol. The first-order chi connectivity index (χ1) is 13.5. The van der Waals surface area contributed by atoms with Crippen LogP contribution in [0.2, 0.25) is 0 Å². The molecule has 156 valence electrons. The third-order valence-corrected chi connectivity index (χ3v) is 8.23. The quantitative estimate of drug-likeness (QED) is 0.765. The molecule has 3 aliphatic heterocycles. The molecule has 1 N–H and O–H groups in total. The summed E-state index contributed by atoms with van der Waals surface area (Å²) in [6, 6.07) is 3.62. The van der Waals surface area contributed by atoms with Crippen molar-refractivity contribution in [2.24, 2.45) is 5.92 Å². The molecule has 0 radical (unpaired) electrons. The summed E-state index contributed by atoms with van der Waals surface area (Å²) in [6.45, 7) is -0.0547. The standard InChI is InChI=1S/C17H16F3N3O5S/c1-22(16(24)25)12-5-13-10-7-23(29(26,27)15(10)14(12)28-13)9-3-2-8(6-21)11(4-9)17(18,19)20/h2-4,10,12-15H,5,7H2,1H3,(H,24,25)/t10-,12-,13-,14+,15-/m1/s1. The van der Waals surface area contributed by atoms with Gasteiger partial charge in [-0.2, -0.15) is 18.4 Å². The molecule has 1 amide bonds. The fraction of sp³-hybridized carbons (Fsp3) is 0.529. The second kappa shape index (κ2) is 6.24. The zero-order valence-corrected chi connectivity index (χ0v) is 15.8. The van der Waals surface area contributed by atoms with E-state index in [0.717, 1.165) is 15.3 Å². The minimum absolute atomic E-state index is 0.0547. The largest absolute Gasteiger partial charge is 0.465 e. The van der Waals surface area contributed by atoms with Gasteiger partial charge in [0.2, 0.25) is 10.0 Å². The van der Waals surface area contributed by atoms with E-state index in [-0.39, 0.29) is 12.2 Å². The zero-order chi connectivity index (χ0) is 21.3. The Morgan fingerprint density at radius 2 is 2.10 bits per heavy atom. The Bertz CT molecular complexity index is 1020. The van der Waals surface area contributed by atoms with Crippen LogP contribution in [0.4, 0.5) is 23.7 Å². The molecule has 8 nitrogen and oxygen atoms in total. The predicted octanol–water partition coefficient (Wildman–Crippen LogP) is 1.86. The number of halogens is 3. The summed E-state index contributed by atoms with van der Waals surface area (Å²) in [5.41, 5.74) is -1.97. The van der Waals surface area contributed by atoms with Gasteiger partial charge < -0.3 is 14.7 Å². The fourth-order valence-corrected chi connectivity index (χ4v) is 6.96. The monoisotopic (exact) mass is 431 g/mol. The summed E-state index contributed by atoms with van der Waals surface area (Å²) >= 11 is 0. The highest BCUT2D eigenvalue weighted by Gasteiger charge is 2.65. The molecular weight excluding hydrogens is 415 g/mol. The molecule has 0 spiro atoms. The summed E-state index contributed by atoms with van der Waals surface area (Å²) < 4.78 is 72.8. The molecule has 3 heterocycles. The maximum Gasteiger partial charge on any atom is 0.417 e. The number of alkyl halides is 3. The molecule has 5 atom stereocenters. The van der Waals surface area contributed by atoms with Crippen molar-refractivity contribution in [1.82, 2.24) is 4.90 Å². The van der Waals surface area contributed by atoms with Crippen LogP contribution in [-0.4, -0.2) is 61.6 Å². The van der Waals surface area contributed by atoms with E-state index < -0.39 is 62.8 Å². The molecule has 0 saturated carbocycles. The number of rotatable bonds is 2. The molecule has 0 aromatic heterocycles. The topological polar surface area (TPSA) is 111 Å². The highest BCUT2D eigenvalue weighted by molar-refractivity contribution is 7.93. The lowest BCUT2D eigenvalue weighted by molar-refractivity contribution is -0.137. The molecule has 3 aliphatic rings. The first kappa shape index (κ1) is 19.8. The number of anilines is 1. The van der Waals surface area contributed by atoms with E-state index in [1.54, 1.807) is 0 Å². The lowest BCUT2D eigenvalue weighted by Gasteiger charge is -2.31. The molecule has 3 saturated heterocycles. The van der Waals surface area contributed by atoms with Gasteiger partial charge in [0, 0.05) is 19.5 Å². The number of sulfonamides is 1. The van der Waals surface area contributed by atoms with Gasteiger partial charge in [0.1, 0.15) is 5.25 Å². The van der Waals surface area contributed by atoms with Crippen molar-refractivity contribution in [3.63, 3.8) is 0 Å². The van der Waals surface area contributed by atoms with Crippen molar-refractivity contribution in [3.05, 3.63) is 29.3 Å². The van der Waals surface area contributed by atoms with Crippen LogP contribution in [0.3, 0.4) is 0 Å². The summed E-state index contributed by atoms with van der Waals surface area (Å²) in [7, 11) is -2.75. The summed E-state index contributed by atoms with van der Waals surface area (Å²) in [5.74, 6) is -0.464. The van der Waals surface area contributed by atoms with E-state index in [2.05, 4.69) is 0 Å². The number of likely N-dealkylation sites (N-methyl/N-ethyl adjacent to an activating group) is 1. The third kappa shape index (κ3) is 2.83. The lowest BCUT2D eigenvalue weighted by Crippen LogP contribution is -2.51. The number of carboxylic acid groups (broad SMARTS) is 1. The van der Waals surface area contributed by atoms with Gasteiger partial charge in [0.05, 0.1) is 41.1 Å². The van der Waals surface area contributed by atoms with Crippen LogP contribution in [0.25, 0.3) is 0 Å². The van der Waals surface area contributed by atoms with Crippen LogP contribution >= 0.6 is 0 Å². The molecule has 2 bridgehead atoms. The number of ether oxygens (including phenoxy) is 1. The molecule has 3 fully saturated rings. The molecule has 29 heavy (non-hydrogen) atoms. The Kier molecular flexibility index (Phi) is 4.25. The first-order valence-electron chi connectivity index (χ1n) is 8.71. The molecule has 1 aromatic carbocycles. The van der Waals surface area contributed by atoms with Crippen molar-refractivity contribution in [3.8, 4) is 6.07 Å². The fourth-order valence-electron chi connectivity index (χ4n) is 4.59. The zero-order valence-electron chi connectivity index (χ0n) is 15.0. The van der Waals surface area contributed by atoms with Gasteiger partial charge in [-0.25, -0.2) is 13.2 Å². The lowest BCUT2D eigenvalue weighted by atomic mass is 9.85. The van der Waals surface area contributed by atoms with Gasteiger partial charge in [-0.05, 0) is 24.6 Å². The van der Waals surface area contributed by atoms with Gasteiger partial charge >= 0.3 is 12.3 Å². The van der Waals surface area contributed by atoms with E-state index in [4.69, 9.17) is 10.00 Å². The van der Waals surface area contributed by atoms with Crippen molar-refractivity contribution in [2.75, 3.05) is 17.9 Å². The molecule has 0 unspecified atom stereocenters. The van der Waals surface area contributed by atoms with Gasteiger partial charge in [-0.3, -0.25) is 4.31 Å². The van der Waals surface area contributed by atoms with Crippen molar-refractivity contribution >= 4 is 21.8 Å². The van der Waals surface area contributed by atoms with Crippen LogP contribution in [0.5, 0.6) is 0 Å².